The summed E-state index contributed by atoms with van der Waals surface area (Å²) in [5, 5.41) is 2.64. The van der Waals surface area contributed by atoms with Crippen LogP contribution >= 0.6 is 0 Å². The first-order valence-electron chi connectivity index (χ1n) is 13.7. The fourth-order valence-electron chi connectivity index (χ4n) is 6.60. The average Bonchev–Trinajstić information content (AvgIpc) is 2.97. The highest BCUT2D eigenvalue weighted by Gasteiger charge is 2.37. The molecule has 0 amide bonds. The van der Waals surface area contributed by atoms with Crippen LogP contribution < -0.4 is 10.4 Å². The molecule has 2 aromatic rings. The molecular formula is C38H34. The molecule has 0 bridgehead atoms. The third-order valence-electron chi connectivity index (χ3n) is 8.30. The molecule has 0 heteroatoms. The molecule has 0 aromatic heterocycles. The predicted octanol–water partition coefficient (Wildman–Crippen LogP) is 7.92. The van der Waals surface area contributed by atoms with E-state index in [0.29, 0.717) is 11.8 Å². The summed E-state index contributed by atoms with van der Waals surface area (Å²) < 4.78 is 0. The monoisotopic (exact) mass is 490 g/mol. The van der Waals surface area contributed by atoms with Gasteiger partial charge in [-0.15, -0.1) is 0 Å². The van der Waals surface area contributed by atoms with Crippen LogP contribution in [0, 0.1) is 17.8 Å². The van der Waals surface area contributed by atoms with Crippen LogP contribution in [0.2, 0.25) is 0 Å². The molecule has 4 unspecified atom stereocenters. The number of hydrogen-bond donors (Lipinski definition) is 0. The van der Waals surface area contributed by atoms with Gasteiger partial charge >= 0.3 is 0 Å². The van der Waals surface area contributed by atoms with Gasteiger partial charge in [-0.05, 0) is 63.3 Å². The van der Waals surface area contributed by atoms with Crippen molar-refractivity contribution in [3.63, 3.8) is 0 Å². The second-order valence-electron chi connectivity index (χ2n) is 10.4. The molecule has 0 saturated heterocycles. The number of fused-ring (bicyclic) bond motifs is 5. The molecular weight excluding hydrogens is 456 g/mol. The van der Waals surface area contributed by atoms with Gasteiger partial charge in [0.05, 0.1) is 0 Å². The topological polar surface area (TPSA) is 0 Å². The van der Waals surface area contributed by atoms with E-state index in [2.05, 4.69) is 154 Å². The Morgan fingerprint density at radius 3 is 2.11 bits per heavy atom. The van der Waals surface area contributed by atoms with Crippen LogP contribution in [0.1, 0.15) is 30.9 Å². The van der Waals surface area contributed by atoms with Gasteiger partial charge in [0, 0.05) is 23.7 Å². The van der Waals surface area contributed by atoms with Gasteiger partial charge in [-0.25, -0.2) is 0 Å². The quantitative estimate of drug-likeness (QED) is 0.374. The van der Waals surface area contributed by atoms with Crippen LogP contribution in [-0.4, -0.2) is 0 Å². The molecule has 6 rings (SSSR count). The van der Waals surface area contributed by atoms with Gasteiger partial charge in [0.1, 0.15) is 0 Å². The third kappa shape index (κ3) is 4.11. The standard InChI is InChI=1S/C38H34/c1-4-14-27(5-2)24-23-26(3)37-32-19-10-12-21-34(32)38(35-22-13-11-20-33(35)37)36-25-28-15-6-7-16-29(28)30-17-8-9-18-31(30)36/h4-25,30-32,34H,3H2,1-2H3. The summed E-state index contributed by atoms with van der Waals surface area (Å²) in [6, 6.07) is 17.9. The van der Waals surface area contributed by atoms with E-state index in [0.717, 1.165) is 5.57 Å². The lowest BCUT2D eigenvalue weighted by atomic mass is 9.64. The molecule has 0 saturated carbocycles. The first kappa shape index (κ1) is 24.2. The van der Waals surface area contributed by atoms with E-state index in [1.54, 1.807) is 0 Å². The Bertz CT molecular complexity index is 1650. The van der Waals surface area contributed by atoms with Crippen molar-refractivity contribution in [2.24, 2.45) is 17.8 Å². The van der Waals surface area contributed by atoms with E-state index < -0.39 is 0 Å². The molecule has 2 aromatic carbocycles. The number of allylic oxidation sites excluding steroid dienone is 16. The minimum atomic E-state index is 0.248. The lowest BCUT2D eigenvalue weighted by Gasteiger charge is -2.39. The van der Waals surface area contributed by atoms with Crippen molar-refractivity contribution in [1.82, 2.24) is 0 Å². The van der Waals surface area contributed by atoms with Crippen molar-refractivity contribution >= 4 is 17.2 Å². The Morgan fingerprint density at radius 2 is 1.34 bits per heavy atom. The van der Waals surface area contributed by atoms with Crippen LogP contribution in [0.4, 0.5) is 0 Å². The van der Waals surface area contributed by atoms with E-state index >= 15 is 0 Å². The van der Waals surface area contributed by atoms with Crippen LogP contribution in [0.5, 0.6) is 0 Å². The predicted molar refractivity (Wildman–Crippen MR) is 164 cm³/mol. The van der Waals surface area contributed by atoms with Gasteiger partial charge in [-0.2, -0.15) is 0 Å². The maximum absolute atomic E-state index is 4.59. The van der Waals surface area contributed by atoms with Gasteiger partial charge in [0.25, 0.3) is 0 Å². The molecule has 4 aliphatic carbocycles. The summed E-state index contributed by atoms with van der Waals surface area (Å²) >= 11 is 0. The van der Waals surface area contributed by atoms with Crippen molar-refractivity contribution in [2.75, 3.05) is 0 Å². The average molecular weight is 491 g/mol. The number of rotatable bonds is 5. The highest BCUT2D eigenvalue weighted by molar-refractivity contribution is 5.86. The molecule has 4 aliphatic rings. The molecule has 0 heterocycles. The van der Waals surface area contributed by atoms with Crippen LogP contribution in [0.15, 0.2) is 151 Å². The summed E-state index contributed by atoms with van der Waals surface area (Å²) in [7, 11) is 0. The van der Waals surface area contributed by atoms with E-state index in [1.165, 1.54) is 43.9 Å². The van der Waals surface area contributed by atoms with Crippen molar-refractivity contribution in [3.05, 3.63) is 172 Å². The second-order valence-corrected chi connectivity index (χ2v) is 10.4. The fraction of sp³-hybridized carbons (Fsp3) is 0.158. The first-order chi connectivity index (χ1) is 18.7. The highest BCUT2D eigenvalue weighted by Crippen LogP contribution is 2.49. The summed E-state index contributed by atoms with van der Waals surface area (Å²) in [6.45, 7) is 8.72. The summed E-state index contributed by atoms with van der Waals surface area (Å²) in [6.07, 6.45) is 31.6. The normalized spacial score (nSPS) is 25.3. The SMILES string of the molecule is C=C(C=CC(C=CC)=CC)C1=c2ccccc2=C(C2=Cc3ccccc3C3C=CC=CC23)C2C=CC=CC12. The Kier molecular flexibility index (Phi) is 6.56. The molecule has 0 N–H and O–H groups in total. The van der Waals surface area contributed by atoms with E-state index in [-0.39, 0.29) is 11.8 Å². The smallest absolute Gasteiger partial charge is 0.0137 e. The van der Waals surface area contributed by atoms with E-state index in [4.69, 9.17) is 0 Å². The van der Waals surface area contributed by atoms with Gasteiger partial charge < -0.3 is 0 Å². The largest absolute Gasteiger partial charge is 0.0914 e. The molecule has 0 spiro atoms. The summed E-state index contributed by atoms with van der Waals surface area (Å²) in [5.41, 5.74) is 9.27. The Morgan fingerprint density at radius 1 is 0.684 bits per heavy atom. The maximum Gasteiger partial charge on any atom is 0.0137 e. The molecule has 186 valence electrons. The molecule has 4 atom stereocenters. The minimum Gasteiger partial charge on any atom is -0.0914 e. The highest BCUT2D eigenvalue weighted by atomic mass is 14.4. The van der Waals surface area contributed by atoms with Gasteiger partial charge in [0.15, 0.2) is 0 Å². The van der Waals surface area contributed by atoms with E-state index in [1.807, 2.05) is 0 Å². The van der Waals surface area contributed by atoms with Crippen LogP contribution in [-0.2, 0) is 0 Å². The fourth-order valence-corrected chi connectivity index (χ4v) is 6.60. The number of benzene rings is 2. The summed E-state index contributed by atoms with van der Waals surface area (Å²) in [4.78, 5) is 0. The molecule has 38 heavy (non-hydrogen) atoms. The zero-order valence-corrected chi connectivity index (χ0v) is 22.2. The molecule has 0 nitrogen and oxygen atoms in total. The Balaban J connectivity index is 1.61. The molecule has 0 aliphatic heterocycles. The van der Waals surface area contributed by atoms with Gasteiger partial charge in [-0.1, -0.05) is 140 Å². The Hall–Kier alpha value is -4.16. The van der Waals surface area contributed by atoms with Crippen LogP contribution in [0.25, 0.3) is 17.2 Å². The first-order valence-corrected chi connectivity index (χ1v) is 13.7. The van der Waals surface area contributed by atoms with Crippen molar-refractivity contribution in [1.29, 1.82) is 0 Å². The third-order valence-corrected chi connectivity index (χ3v) is 8.30. The molecule has 0 fully saturated rings. The maximum atomic E-state index is 4.59. The zero-order valence-electron chi connectivity index (χ0n) is 22.2. The van der Waals surface area contributed by atoms with E-state index in [9.17, 15) is 0 Å². The van der Waals surface area contributed by atoms with Gasteiger partial charge in [0.2, 0.25) is 0 Å². The van der Waals surface area contributed by atoms with Crippen molar-refractivity contribution < 1.29 is 0 Å². The minimum absolute atomic E-state index is 0.248. The second kappa shape index (κ2) is 10.3. The van der Waals surface area contributed by atoms with Crippen molar-refractivity contribution in [2.45, 2.75) is 19.8 Å². The van der Waals surface area contributed by atoms with Crippen LogP contribution in [0.3, 0.4) is 0 Å². The lowest BCUT2D eigenvalue weighted by molar-refractivity contribution is 0.632. The molecule has 0 radical (unpaired) electrons. The Labute approximate surface area is 226 Å². The zero-order chi connectivity index (χ0) is 26.1. The summed E-state index contributed by atoms with van der Waals surface area (Å²) in [5.74, 6) is 1.22. The van der Waals surface area contributed by atoms with Crippen molar-refractivity contribution in [3.8, 4) is 0 Å². The lowest BCUT2D eigenvalue weighted by Crippen LogP contribution is -2.41. The van der Waals surface area contributed by atoms with Gasteiger partial charge in [-0.3, -0.25) is 0 Å². The number of hydrogen-bond acceptors (Lipinski definition) is 0.